The zero-order valence-corrected chi connectivity index (χ0v) is 20.1. The van der Waals surface area contributed by atoms with Crippen LogP contribution in [0.15, 0.2) is 60.7 Å². The molecule has 3 aromatic rings. The molecule has 1 fully saturated rings. The largest absolute Gasteiger partial charge is 0.450 e. The molecule has 4 rings (SSSR count). The number of carbonyl (C=O) groups excluding carboxylic acids is 2. The van der Waals surface area contributed by atoms with Crippen LogP contribution in [0.5, 0.6) is 0 Å². The Hall–Kier alpha value is -3.32. The number of ether oxygens (including phenoxy) is 2. The van der Waals surface area contributed by atoms with Gasteiger partial charge in [0.05, 0.1) is 13.2 Å². The first-order valence-electron chi connectivity index (χ1n) is 11.9. The summed E-state index contributed by atoms with van der Waals surface area (Å²) < 4.78 is 13.0. The number of para-hydroxylation sites is 1. The van der Waals surface area contributed by atoms with E-state index in [0.29, 0.717) is 39.1 Å². The number of hydrogen-bond donors (Lipinski definition) is 0. The van der Waals surface area contributed by atoms with Crippen molar-refractivity contribution in [2.45, 2.75) is 38.5 Å². The number of fused-ring (bicyclic) bond motifs is 1. The number of nitrogens with zero attached hydrogens (tertiary/aromatic N) is 3. The van der Waals surface area contributed by atoms with Gasteiger partial charge >= 0.3 is 6.09 Å². The lowest BCUT2D eigenvalue weighted by Gasteiger charge is -2.39. The Balaban J connectivity index is 1.61. The molecule has 0 bridgehead atoms. The van der Waals surface area contributed by atoms with E-state index in [2.05, 4.69) is 22.8 Å². The molecule has 7 nitrogen and oxygen atoms in total. The van der Waals surface area contributed by atoms with E-state index in [1.54, 1.807) is 12.0 Å². The second-order valence-corrected chi connectivity index (χ2v) is 8.66. The average Bonchev–Trinajstić information content (AvgIpc) is 3.19. The summed E-state index contributed by atoms with van der Waals surface area (Å²) in [7, 11) is 3.61. The number of likely N-dealkylation sites (tertiary alicyclic amines) is 1. The van der Waals surface area contributed by atoms with Crippen LogP contribution >= 0.6 is 0 Å². The van der Waals surface area contributed by atoms with Crippen LogP contribution in [0.2, 0.25) is 0 Å². The fraction of sp³-hybridized carbons (Fsp3) is 0.407. The van der Waals surface area contributed by atoms with Crippen LogP contribution in [0, 0.1) is 0 Å². The van der Waals surface area contributed by atoms with Gasteiger partial charge in [0.15, 0.2) is 6.10 Å². The summed E-state index contributed by atoms with van der Waals surface area (Å²) in [6.45, 7) is 3.76. The first-order valence-corrected chi connectivity index (χ1v) is 11.9. The Morgan fingerprint density at radius 1 is 1.06 bits per heavy atom. The van der Waals surface area contributed by atoms with E-state index in [0.717, 1.165) is 22.2 Å². The van der Waals surface area contributed by atoms with Crippen molar-refractivity contribution in [1.82, 2.24) is 14.4 Å². The molecule has 1 atom stereocenters. The van der Waals surface area contributed by atoms with Crippen LogP contribution in [0.1, 0.15) is 37.1 Å². The zero-order valence-electron chi connectivity index (χ0n) is 20.1. The van der Waals surface area contributed by atoms with Crippen molar-refractivity contribution in [2.24, 2.45) is 7.05 Å². The molecule has 180 valence electrons. The number of hydrogen-bond acceptors (Lipinski definition) is 4. The smallest absolute Gasteiger partial charge is 0.409 e. The molecule has 2 aromatic carbocycles. The molecule has 7 heteroatoms. The fourth-order valence-electron chi connectivity index (χ4n) is 4.79. The Morgan fingerprint density at radius 3 is 2.38 bits per heavy atom. The van der Waals surface area contributed by atoms with Crippen molar-refractivity contribution < 1.29 is 19.1 Å². The maximum Gasteiger partial charge on any atom is 0.409 e. The minimum atomic E-state index is -0.682. The van der Waals surface area contributed by atoms with Crippen molar-refractivity contribution in [3.05, 3.63) is 71.9 Å². The van der Waals surface area contributed by atoms with Crippen LogP contribution < -0.4 is 0 Å². The summed E-state index contributed by atoms with van der Waals surface area (Å²) in [6, 6.07) is 20.0. The highest BCUT2D eigenvalue weighted by Crippen LogP contribution is 2.28. The summed E-state index contributed by atoms with van der Waals surface area (Å²) >= 11 is 0. The third-order valence-corrected chi connectivity index (χ3v) is 6.66. The Bertz CT molecular complexity index is 1120. The first kappa shape index (κ1) is 23.8. The maximum atomic E-state index is 13.9. The Kier molecular flexibility index (Phi) is 7.53. The monoisotopic (exact) mass is 463 g/mol. The molecule has 2 heterocycles. The van der Waals surface area contributed by atoms with Gasteiger partial charge in [-0.05, 0) is 42.8 Å². The SMILES string of the molecule is CCOC(=O)N1CCC(N(Cc2cc3ccccc3n2C)C(=O)C(OC)c2ccccc2)CC1. The molecular formula is C27H33N3O4. The van der Waals surface area contributed by atoms with Crippen molar-refractivity contribution in [2.75, 3.05) is 26.8 Å². The van der Waals surface area contributed by atoms with E-state index in [1.165, 1.54) is 0 Å². The molecular weight excluding hydrogens is 430 g/mol. The van der Waals surface area contributed by atoms with E-state index in [1.807, 2.05) is 61.3 Å². The number of benzene rings is 2. The lowest BCUT2D eigenvalue weighted by molar-refractivity contribution is -0.146. The predicted molar refractivity (Wildman–Crippen MR) is 131 cm³/mol. The Morgan fingerprint density at radius 2 is 1.74 bits per heavy atom. The quantitative estimate of drug-likeness (QED) is 0.517. The molecule has 1 saturated heterocycles. The molecule has 34 heavy (non-hydrogen) atoms. The number of amides is 2. The molecule has 1 aliphatic rings. The lowest BCUT2D eigenvalue weighted by Crippen LogP contribution is -2.50. The van der Waals surface area contributed by atoms with E-state index in [4.69, 9.17) is 9.47 Å². The minimum Gasteiger partial charge on any atom is -0.450 e. The molecule has 0 spiro atoms. The standard InChI is InChI=1S/C27H33N3O4/c1-4-34-27(32)29-16-14-22(15-17-29)30(26(31)25(33-3)20-10-6-5-7-11-20)19-23-18-21-12-8-9-13-24(21)28(23)2/h5-13,18,22,25H,4,14-17,19H2,1-3H3. The molecule has 0 saturated carbocycles. The normalized spacial score (nSPS) is 15.3. The van der Waals surface area contributed by atoms with Crippen LogP contribution in [0.3, 0.4) is 0 Å². The highest BCUT2D eigenvalue weighted by Gasteiger charge is 2.34. The summed E-state index contributed by atoms with van der Waals surface area (Å²) in [5, 5.41) is 1.15. The van der Waals surface area contributed by atoms with Gasteiger partial charge < -0.3 is 23.8 Å². The molecule has 0 aliphatic carbocycles. The van der Waals surface area contributed by atoms with Gasteiger partial charge in [-0.3, -0.25) is 4.79 Å². The van der Waals surface area contributed by atoms with Gasteiger partial charge in [0, 0.05) is 44.5 Å². The molecule has 1 aromatic heterocycles. The van der Waals surface area contributed by atoms with Gasteiger partial charge in [-0.15, -0.1) is 0 Å². The van der Waals surface area contributed by atoms with Crippen molar-refractivity contribution in [3.63, 3.8) is 0 Å². The molecule has 1 unspecified atom stereocenters. The average molecular weight is 464 g/mol. The van der Waals surface area contributed by atoms with Crippen LogP contribution in [0.4, 0.5) is 4.79 Å². The second kappa shape index (κ2) is 10.7. The summed E-state index contributed by atoms with van der Waals surface area (Å²) in [4.78, 5) is 29.8. The van der Waals surface area contributed by atoms with Crippen molar-refractivity contribution in [3.8, 4) is 0 Å². The number of piperidine rings is 1. The summed E-state index contributed by atoms with van der Waals surface area (Å²) in [6.07, 6.45) is 0.421. The fourth-order valence-corrected chi connectivity index (χ4v) is 4.79. The molecule has 2 amide bonds. The third-order valence-electron chi connectivity index (χ3n) is 6.66. The molecule has 0 N–H and O–H groups in total. The van der Waals surface area contributed by atoms with E-state index in [9.17, 15) is 9.59 Å². The first-order chi connectivity index (χ1) is 16.5. The van der Waals surface area contributed by atoms with Gasteiger partial charge in [-0.25, -0.2) is 4.79 Å². The lowest BCUT2D eigenvalue weighted by atomic mass is 10.0. The number of aromatic nitrogens is 1. The topological polar surface area (TPSA) is 64.0 Å². The predicted octanol–water partition coefficient (Wildman–Crippen LogP) is 4.52. The maximum absolute atomic E-state index is 13.9. The van der Waals surface area contributed by atoms with Crippen molar-refractivity contribution in [1.29, 1.82) is 0 Å². The van der Waals surface area contributed by atoms with Gasteiger partial charge in [0.25, 0.3) is 5.91 Å². The van der Waals surface area contributed by atoms with Gasteiger partial charge in [0.1, 0.15) is 0 Å². The molecule has 1 aliphatic heterocycles. The van der Waals surface area contributed by atoms with E-state index < -0.39 is 6.10 Å². The van der Waals surface area contributed by atoms with Gasteiger partial charge in [0.2, 0.25) is 0 Å². The zero-order chi connectivity index (χ0) is 24.1. The Labute approximate surface area is 200 Å². The van der Waals surface area contributed by atoms with E-state index in [-0.39, 0.29) is 18.0 Å². The number of carbonyl (C=O) groups is 2. The number of rotatable bonds is 7. The second-order valence-electron chi connectivity index (χ2n) is 8.66. The number of methoxy groups -OCH3 is 1. The summed E-state index contributed by atoms with van der Waals surface area (Å²) in [5.41, 5.74) is 3.03. The highest BCUT2D eigenvalue weighted by atomic mass is 16.6. The van der Waals surface area contributed by atoms with E-state index >= 15 is 0 Å². The third kappa shape index (κ3) is 4.94. The highest BCUT2D eigenvalue weighted by molar-refractivity contribution is 5.84. The van der Waals surface area contributed by atoms with Crippen molar-refractivity contribution >= 4 is 22.9 Å². The minimum absolute atomic E-state index is 0.00227. The molecule has 0 radical (unpaired) electrons. The van der Waals surface area contributed by atoms with Crippen LogP contribution in [0.25, 0.3) is 10.9 Å². The summed E-state index contributed by atoms with van der Waals surface area (Å²) in [5.74, 6) is -0.0615. The van der Waals surface area contributed by atoms with Gasteiger partial charge in [-0.2, -0.15) is 0 Å². The van der Waals surface area contributed by atoms with Crippen LogP contribution in [-0.4, -0.2) is 59.2 Å². The van der Waals surface area contributed by atoms with Gasteiger partial charge in [-0.1, -0.05) is 48.5 Å². The van der Waals surface area contributed by atoms with Crippen LogP contribution in [-0.2, 0) is 27.9 Å². The number of aryl methyl sites for hydroxylation is 1.